The molecule has 0 saturated heterocycles. The summed E-state index contributed by atoms with van der Waals surface area (Å²) in [6.45, 7) is 0.532. The van der Waals surface area contributed by atoms with E-state index in [1.165, 1.54) is 4.90 Å². The zero-order valence-corrected chi connectivity index (χ0v) is 12.3. The molecular weight excluding hydrogens is 262 g/mol. The summed E-state index contributed by atoms with van der Waals surface area (Å²) in [7, 11) is 3.46. The van der Waals surface area contributed by atoms with E-state index >= 15 is 0 Å². The van der Waals surface area contributed by atoms with Gasteiger partial charge in [-0.05, 0) is 29.3 Å². The molecule has 0 spiro atoms. The van der Waals surface area contributed by atoms with Gasteiger partial charge in [0.25, 0.3) is 0 Å². The van der Waals surface area contributed by atoms with E-state index in [0.717, 1.165) is 16.9 Å². The molecule has 2 rings (SSSR count). The Balaban J connectivity index is 1.99. The largest absolute Gasteiger partial charge is 0.489 e. The molecule has 21 heavy (non-hydrogen) atoms. The number of benzene rings is 2. The molecule has 1 amide bonds. The molecule has 0 bridgehead atoms. The first-order valence-electron chi connectivity index (χ1n) is 6.81. The van der Waals surface area contributed by atoms with Crippen LogP contribution in [0, 0.1) is 0 Å². The minimum absolute atomic E-state index is 0.0365. The Bertz CT molecular complexity index is 618. The lowest BCUT2D eigenvalue weighted by atomic mass is 10.2. The van der Waals surface area contributed by atoms with E-state index in [9.17, 15) is 4.79 Å². The van der Waals surface area contributed by atoms with E-state index < -0.39 is 0 Å². The molecule has 0 N–H and O–H groups in total. The number of nitrogens with zero attached hydrogens (tertiary/aromatic N) is 1. The number of ether oxygens (including phenoxy) is 1. The fourth-order valence-electron chi connectivity index (χ4n) is 1.77. The van der Waals surface area contributed by atoms with Crippen molar-refractivity contribution >= 4 is 12.0 Å². The molecule has 2 aromatic rings. The molecule has 0 saturated carbocycles. The fraction of sp³-hybridized carbons (Fsp3) is 0.167. The number of likely N-dealkylation sites (N-methyl/N-ethyl adjacent to an activating group) is 1. The summed E-state index contributed by atoms with van der Waals surface area (Å²) in [6.07, 6.45) is 3.34. The van der Waals surface area contributed by atoms with Crippen LogP contribution in [0.1, 0.15) is 11.1 Å². The molecule has 0 aliphatic rings. The lowest BCUT2D eigenvalue weighted by Crippen LogP contribution is -2.18. The zero-order valence-electron chi connectivity index (χ0n) is 12.3. The van der Waals surface area contributed by atoms with Gasteiger partial charge in [-0.15, -0.1) is 0 Å². The zero-order chi connectivity index (χ0) is 15.1. The van der Waals surface area contributed by atoms with E-state index in [1.807, 2.05) is 54.6 Å². The second kappa shape index (κ2) is 7.29. The number of carbonyl (C=O) groups excluding carboxylic acids is 1. The summed E-state index contributed by atoms with van der Waals surface area (Å²) in [5, 5.41) is 0. The molecule has 0 atom stereocenters. The van der Waals surface area contributed by atoms with Gasteiger partial charge in [0, 0.05) is 20.2 Å². The Kier molecular flexibility index (Phi) is 5.16. The summed E-state index contributed by atoms with van der Waals surface area (Å²) >= 11 is 0. The van der Waals surface area contributed by atoms with Crippen LogP contribution in [0.25, 0.3) is 6.08 Å². The lowest BCUT2D eigenvalue weighted by molar-refractivity contribution is -0.123. The number of hydrogen-bond acceptors (Lipinski definition) is 2. The normalized spacial score (nSPS) is 10.6. The maximum Gasteiger partial charge on any atom is 0.246 e. The first kappa shape index (κ1) is 14.9. The molecule has 0 fully saturated rings. The van der Waals surface area contributed by atoms with Crippen LogP contribution >= 0.6 is 0 Å². The van der Waals surface area contributed by atoms with Gasteiger partial charge in [0.05, 0.1) is 0 Å². The maximum atomic E-state index is 11.5. The van der Waals surface area contributed by atoms with Gasteiger partial charge in [0.15, 0.2) is 0 Å². The first-order chi connectivity index (χ1) is 10.1. The number of amides is 1. The van der Waals surface area contributed by atoms with Crippen molar-refractivity contribution in [1.82, 2.24) is 4.90 Å². The summed E-state index contributed by atoms with van der Waals surface area (Å²) in [5.41, 5.74) is 2.07. The van der Waals surface area contributed by atoms with Crippen LogP contribution in [0.5, 0.6) is 5.75 Å². The van der Waals surface area contributed by atoms with Crippen molar-refractivity contribution < 1.29 is 9.53 Å². The summed E-state index contributed by atoms with van der Waals surface area (Å²) in [6, 6.07) is 17.7. The molecule has 3 heteroatoms. The highest BCUT2D eigenvalue weighted by Crippen LogP contribution is 2.16. The molecule has 0 aliphatic carbocycles. The van der Waals surface area contributed by atoms with Crippen LogP contribution in [-0.2, 0) is 11.4 Å². The van der Waals surface area contributed by atoms with Gasteiger partial charge in [-0.1, -0.05) is 42.5 Å². The predicted octanol–water partition coefficient (Wildman–Crippen LogP) is 3.37. The van der Waals surface area contributed by atoms with Crippen molar-refractivity contribution in [2.24, 2.45) is 0 Å². The van der Waals surface area contributed by atoms with E-state index in [4.69, 9.17) is 4.74 Å². The molecule has 2 aromatic carbocycles. The molecule has 108 valence electrons. The number of hydrogen-bond donors (Lipinski definition) is 0. The first-order valence-corrected chi connectivity index (χ1v) is 6.81. The second-order valence-corrected chi connectivity index (χ2v) is 4.91. The highest BCUT2D eigenvalue weighted by Gasteiger charge is 1.99. The van der Waals surface area contributed by atoms with Crippen molar-refractivity contribution in [2.45, 2.75) is 6.61 Å². The molecule has 0 heterocycles. The van der Waals surface area contributed by atoms with Gasteiger partial charge >= 0.3 is 0 Å². The minimum Gasteiger partial charge on any atom is -0.489 e. The lowest BCUT2D eigenvalue weighted by Gasteiger charge is -2.07. The Morgan fingerprint density at radius 2 is 1.86 bits per heavy atom. The SMILES string of the molecule is CN(C)C(=O)/C=C/c1cccc(OCc2ccccc2)c1. The van der Waals surface area contributed by atoms with Gasteiger partial charge < -0.3 is 9.64 Å². The average molecular weight is 281 g/mol. The van der Waals surface area contributed by atoms with Crippen LogP contribution in [0.3, 0.4) is 0 Å². The molecule has 0 unspecified atom stereocenters. The summed E-state index contributed by atoms with van der Waals surface area (Å²) in [4.78, 5) is 13.1. The monoisotopic (exact) mass is 281 g/mol. The smallest absolute Gasteiger partial charge is 0.246 e. The third-order valence-corrected chi connectivity index (χ3v) is 2.97. The Hall–Kier alpha value is -2.55. The Morgan fingerprint density at radius 3 is 2.57 bits per heavy atom. The number of rotatable bonds is 5. The van der Waals surface area contributed by atoms with Crippen LogP contribution in [0.2, 0.25) is 0 Å². The van der Waals surface area contributed by atoms with E-state index in [1.54, 1.807) is 26.2 Å². The third kappa shape index (κ3) is 4.80. The van der Waals surface area contributed by atoms with Crippen LogP contribution in [0.4, 0.5) is 0 Å². The Labute approximate surface area is 125 Å². The van der Waals surface area contributed by atoms with Gasteiger partial charge in [0.1, 0.15) is 12.4 Å². The summed E-state index contributed by atoms with van der Waals surface area (Å²) in [5.74, 6) is 0.754. The predicted molar refractivity (Wildman–Crippen MR) is 84.9 cm³/mol. The third-order valence-electron chi connectivity index (χ3n) is 2.97. The molecular formula is C18H19NO2. The van der Waals surface area contributed by atoms with Crippen LogP contribution in [-0.4, -0.2) is 24.9 Å². The second-order valence-electron chi connectivity index (χ2n) is 4.91. The van der Waals surface area contributed by atoms with Gasteiger partial charge in [-0.25, -0.2) is 0 Å². The van der Waals surface area contributed by atoms with E-state index in [0.29, 0.717) is 6.61 Å². The van der Waals surface area contributed by atoms with Crippen molar-refractivity contribution in [1.29, 1.82) is 0 Å². The summed E-state index contributed by atoms with van der Waals surface area (Å²) < 4.78 is 5.76. The van der Waals surface area contributed by atoms with Crippen molar-refractivity contribution in [3.63, 3.8) is 0 Å². The topological polar surface area (TPSA) is 29.5 Å². The quantitative estimate of drug-likeness (QED) is 0.786. The molecule has 0 radical (unpaired) electrons. The fourth-order valence-corrected chi connectivity index (χ4v) is 1.77. The van der Waals surface area contributed by atoms with Gasteiger partial charge in [0.2, 0.25) is 5.91 Å². The highest BCUT2D eigenvalue weighted by molar-refractivity contribution is 5.91. The van der Waals surface area contributed by atoms with Crippen molar-refractivity contribution in [2.75, 3.05) is 14.1 Å². The molecule has 3 nitrogen and oxygen atoms in total. The van der Waals surface area contributed by atoms with E-state index in [2.05, 4.69) is 0 Å². The van der Waals surface area contributed by atoms with Crippen molar-refractivity contribution in [3.8, 4) is 5.75 Å². The minimum atomic E-state index is -0.0365. The highest BCUT2D eigenvalue weighted by atomic mass is 16.5. The molecule has 0 aromatic heterocycles. The van der Waals surface area contributed by atoms with E-state index in [-0.39, 0.29) is 5.91 Å². The van der Waals surface area contributed by atoms with Gasteiger partial charge in [-0.2, -0.15) is 0 Å². The molecule has 0 aliphatic heterocycles. The van der Waals surface area contributed by atoms with Gasteiger partial charge in [-0.3, -0.25) is 4.79 Å². The van der Waals surface area contributed by atoms with Crippen molar-refractivity contribution in [3.05, 3.63) is 71.8 Å². The maximum absolute atomic E-state index is 11.5. The number of carbonyl (C=O) groups is 1. The van der Waals surface area contributed by atoms with Crippen LogP contribution < -0.4 is 4.74 Å². The standard InChI is InChI=1S/C18H19NO2/c1-19(2)18(20)12-11-15-9-6-10-17(13-15)21-14-16-7-4-3-5-8-16/h3-13H,14H2,1-2H3/b12-11+. The average Bonchev–Trinajstić information content (AvgIpc) is 2.52. The van der Waals surface area contributed by atoms with Crippen LogP contribution in [0.15, 0.2) is 60.7 Å². The Morgan fingerprint density at radius 1 is 1.10 bits per heavy atom.